The van der Waals surface area contributed by atoms with Crippen LogP contribution in [0.25, 0.3) is 0 Å². The zero-order valence-corrected chi connectivity index (χ0v) is 10.8. The largest absolute Gasteiger partial charge is 0.396 e. The average Bonchev–Trinajstić information content (AvgIpc) is 2.33. The van der Waals surface area contributed by atoms with Crippen molar-refractivity contribution in [2.75, 3.05) is 18.5 Å². The molecule has 0 aliphatic rings. The van der Waals surface area contributed by atoms with E-state index in [-0.39, 0.29) is 12.3 Å². The van der Waals surface area contributed by atoms with Crippen LogP contribution < -0.4 is 5.32 Å². The Hall–Kier alpha value is -1.71. The number of unbranched alkanes of at least 4 members (excludes halogenated alkanes) is 1. The first kappa shape index (κ1) is 15.3. The second-order valence-electron chi connectivity index (χ2n) is 3.74. The van der Waals surface area contributed by atoms with Crippen LogP contribution >= 0.6 is 0 Å². The van der Waals surface area contributed by atoms with Gasteiger partial charge < -0.3 is 10.4 Å². The molecule has 3 N–H and O–H groups in total. The Balaban J connectivity index is 3.10. The molecule has 0 atom stereocenters. The molecule has 0 fully saturated rings. The van der Waals surface area contributed by atoms with Gasteiger partial charge in [-0.05, 0) is 18.9 Å². The minimum absolute atomic E-state index is 0.00176. The molecule has 0 spiro atoms. The van der Waals surface area contributed by atoms with E-state index in [1.807, 2.05) is 0 Å². The third kappa shape index (κ3) is 4.16. The summed E-state index contributed by atoms with van der Waals surface area (Å²) in [5.41, 5.74) is -0.718. The van der Waals surface area contributed by atoms with E-state index in [2.05, 4.69) is 5.32 Å². The lowest BCUT2D eigenvalue weighted by Gasteiger charge is -2.10. The summed E-state index contributed by atoms with van der Waals surface area (Å²) < 4.78 is 31.6. The van der Waals surface area contributed by atoms with Gasteiger partial charge in [-0.15, -0.1) is 0 Å². The first-order valence-corrected chi connectivity index (χ1v) is 6.91. The molecule has 8 nitrogen and oxygen atoms in total. The molecule has 0 heterocycles. The first-order chi connectivity index (χ1) is 8.88. The van der Waals surface area contributed by atoms with Crippen LogP contribution in [0, 0.1) is 10.1 Å². The average molecular weight is 290 g/mol. The van der Waals surface area contributed by atoms with Crippen LogP contribution in [0.15, 0.2) is 23.1 Å². The van der Waals surface area contributed by atoms with E-state index in [4.69, 9.17) is 9.66 Å². The number of hydrogen-bond acceptors (Lipinski definition) is 6. The van der Waals surface area contributed by atoms with Gasteiger partial charge in [0.15, 0.2) is 4.90 Å². The third-order valence-corrected chi connectivity index (χ3v) is 3.29. The predicted molar refractivity (Wildman–Crippen MR) is 67.7 cm³/mol. The van der Waals surface area contributed by atoms with E-state index in [9.17, 15) is 18.5 Å². The number of nitrogens with one attached hydrogen (secondary N) is 1. The Bertz CT molecular complexity index is 557. The fourth-order valence-corrected chi connectivity index (χ4v) is 2.36. The van der Waals surface area contributed by atoms with Crippen LogP contribution in [0.4, 0.5) is 11.4 Å². The molecule has 1 aromatic rings. The summed E-state index contributed by atoms with van der Waals surface area (Å²) in [4.78, 5) is 9.15. The standard InChI is InChI=1S/C10H14N2O6S/c13-7-2-1-6-11-8-4-3-5-9(12(14)15)10(8)19(16,17)18/h3-5,11,13H,1-2,6-7H2,(H,16,17,18). The predicted octanol–water partition coefficient (Wildman–Crippen LogP) is 1.03. The number of aliphatic hydroxyl groups is 1. The van der Waals surface area contributed by atoms with Gasteiger partial charge in [0, 0.05) is 19.2 Å². The van der Waals surface area contributed by atoms with Gasteiger partial charge in [-0.25, -0.2) is 0 Å². The molecule has 1 aromatic carbocycles. The normalized spacial score (nSPS) is 11.3. The van der Waals surface area contributed by atoms with Crippen molar-refractivity contribution in [2.45, 2.75) is 17.7 Å². The molecule has 0 aliphatic carbocycles. The molecule has 0 saturated heterocycles. The highest BCUT2D eigenvalue weighted by atomic mass is 32.2. The molecule has 0 aromatic heterocycles. The quantitative estimate of drug-likeness (QED) is 0.296. The Kier molecular flexibility index (Phi) is 5.21. The SMILES string of the molecule is O=[N+]([O-])c1cccc(NCCCCO)c1S(=O)(=O)O. The van der Waals surface area contributed by atoms with Gasteiger partial charge in [0.1, 0.15) is 0 Å². The van der Waals surface area contributed by atoms with E-state index in [1.165, 1.54) is 12.1 Å². The monoisotopic (exact) mass is 290 g/mol. The van der Waals surface area contributed by atoms with Crippen molar-refractivity contribution in [3.05, 3.63) is 28.3 Å². The molecule has 0 amide bonds. The topological polar surface area (TPSA) is 130 Å². The number of benzene rings is 1. The van der Waals surface area contributed by atoms with Crippen LogP contribution in [0.5, 0.6) is 0 Å². The van der Waals surface area contributed by atoms with Crippen molar-refractivity contribution < 1.29 is 23.0 Å². The Labute approximate surface area is 110 Å². The second kappa shape index (κ2) is 6.45. The zero-order chi connectivity index (χ0) is 14.5. The number of hydrogen-bond donors (Lipinski definition) is 3. The van der Waals surface area contributed by atoms with Crippen molar-refractivity contribution in [2.24, 2.45) is 0 Å². The Morgan fingerprint density at radius 1 is 1.32 bits per heavy atom. The second-order valence-corrected chi connectivity index (χ2v) is 5.10. The summed E-state index contributed by atoms with van der Waals surface area (Å²) in [6.07, 6.45) is 1.08. The maximum Gasteiger partial charge on any atom is 0.303 e. The van der Waals surface area contributed by atoms with Gasteiger partial charge in [-0.1, -0.05) is 6.07 Å². The molecule has 9 heteroatoms. The number of nitrogens with zero attached hydrogens (tertiary/aromatic N) is 1. The summed E-state index contributed by atoms with van der Waals surface area (Å²) in [5.74, 6) is 0. The lowest BCUT2D eigenvalue weighted by Crippen LogP contribution is -2.10. The number of rotatable bonds is 7. The fraction of sp³-hybridized carbons (Fsp3) is 0.400. The van der Waals surface area contributed by atoms with Gasteiger partial charge in [-0.2, -0.15) is 8.42 Å². The first-order valence-electron chi connectivity index (χ1n) is 5.47. The molecular formula is C10H14N2O6S. The molecule has 19 heavy (non-hydrogen) atoms. The lowest BCUT2D eigenvalue weighted by molar-refractivity contribution is -0.387. The maximum atomic E-state index is 11.2. The minimum Gasteiger partial charge on any atom is -0.396 e. The number of nitro benzene ring substituents is 1. The molecule has 0 aliphatic heterocycles. The molecule has 0 bridgehead atoms. The summed E-state index contributed by atoms with van der Waals surface area (Å²) in [7, 11) is -4.71. The van der Waals surface area contributed by atoms with Crippen LogP contribution in [-0.2, 0) is 10.1 Å². The number of nitro groups is 1. The summed E-state index contributed by atoms with van der Waals surface area (Å²) in [6, 6.07) is 3.65. The molecular weight excluding hydrogens is 276 g/mol. The summed E-state index contributed by atoms with van der Waals surface area (Å²) in [6.45, 7) is 0.325. The van der Waals surface area contributed by atoms with Crippen molar-refractivity contribution in [3.63, 3.8) is 0 Å². The fourth-order valence-electron chi connectivity index (χ4n) is 1.54. The third-order valence-electron chi connectivity index (χ3n) is 2.35. The van der Waals surface area contributed by atoms with E-state index in [1.54, 1.807) is 0 Å². The van der Waals surface area contributed by atoms with Gasteiger partial charge >= 0.3 is 10.1 Å². The smallest absolute Gasteiger partial charge is 0.303 e. The van der Waals surface area contributed by atoms with Crippen LogP contribution in [0.1, 0.15) is 12.8 Å². The summed E-state index contributed by atoms with van der Waals surface area (Å²) >= 11 is 0. The maximum absolute atomic E-state index is 11.2. The van der Waals surface area contributed by atoms with Crippen molar-refractivity contribution >= 4 is 21.5 Å². The van der Waals surface area contributed by atoms with Crippen molar-refractivity contribution in [3.8, 4) is 0 Å². The van der Waals surface area contributed by atoms with Crippen molar-refractivity contribution in [1.82, 2.24) is 0 Å². The van der Waals surface area contributed by atoms with E-state index in [0.717, 1.165) is 6.07 Å². The molecule has 0 saturated carbocycles. The highest BCUT2D eigenvalue weighted by Gasteiger charge is 2.27. The van der Waals surface area contributed by atoms with Gasteiger partial charge in [-0.3, -0.25) is 14.7 Å². The Morgan fingerprint density at radius 3 is 2.53 bits per heavy atom. The highest BCUT2D eigenvalue weighted by molar-refractivity contribution is 7.86. The molecule has 0 unspecified atom stereocenters. The highest BCUT2D eigenvalue weighted by Crippen LogP contribution is 2.30. The van der Waals surface area contributed by atoms with Crippen LogP contribution in [-0.4, -0.2) is 36.2 Å². The van der Waals surface area contributed by atoms with Gasteiger partial charge in [0.05, 0.1) is 10.6 Å². The number of aliphatic hydroxyl groups excluding tert-OH is 1. The Morgan fingerprint density at radius 2 is 2.00 bits per heavy atom. The molecule has 0 radical (unpaired) electrons. The lowest BCUT2D eigenvalue weighted by atomic mass is 10.2. The zero-order valence-electron chi connectivity index (χ0n) is 9.94. The van der Waals surface area contributed by atoms with E-state index >= 15 is 0 Å². The van der Waals surface area contributed by atoms with Crippen molar-refractivity contribution in [1.29, 1.82) is 0 Å². The summed E-state index contributed by atoms with van der Waals surface area (Å²) in [5, 5.41) is 22.1. The van der Waals surface area contributed by atoms with Crippen LogP contribution in [0.3, 0.4) is 0 Å². The molecule has 1 rings (SSSR count). The van der Waals surface area contributed by atoms with E-state index < -0.39 is 25.6 Å². The van der Waals surface area contributed by atoms with E-state index in [0.29, 0.717) is 19.4 Å². The van der Waals surface area contributed by atoms with Crippen LogP contribution in [0.2, 0.25) is 0 Å². The number of anilines is 1. The molecule has 106 valence electrons. The van der Waals surface area contributed by atoms with Gasteiger partial charge in [0.2, 0.25) is 0 Å². The minimum atomic E-state index is -4.71. The van der Waals surface area contributed by atoms with Gasteiger partial charge in [0.25, 0.3) is 5.69 Å².